The van der Waals surface area contributed by atoms with Crippen molar-refractivity contribution in [2.75, 3.05) is 13.1 Å². The molecule has 0 aliphatic carbocycles. The number of ketones is 1. The number of carbonyl (C=O) groups is 1. The van der Waals surface area contributed by atoms with Gasteiger partial charge in [-0.25, -0.2) is 0 Å². The fraction of sp³-hybridized carbons (Fsp3) is 0.389. The maximum atomic E-state index is 11.5. The van der Waals surface area contributed by atoms with Gasteiger partial charge in [0.15, 0.2) is 0 Å². The van der Waals surface area contributed by atoms with Gasteiger partial charge in [0.1, 0.15) is 5.78 Å². The first-order valence-corrected chi connectivity index (χ1v) is 6.94. The second kappa shape index (κ2) is 7.81. The van der Waals surface area contributed by atoms with Gasteiger partial charge in [0.2, 0.25) is 0 Å². The molecule has 108 valence electrons. The first-order chi connectivity index (χ1) is 9.22. The Balaban J connectivity index is 0.00000200. The van der Waals surface area contributed by atoms with E-state index in [1.165, 1.54) is 16.3 Å². The van der Waals surface area contributed by atoms with Crippen molar-refractivity contribution in [2.45, 2.75) is 34.2 Å². The molecule has 0 amide bonds. The summed E-state index contributed by atoms with van der Waals surface area (Å²) in [5.41, 5.74) is 1.27. The van der Waals surface area contributed by atoms with Crippen LogP contribution in [0.2, 0.25) is 0 Å². The predicted octanol–water partition coefficient (Wildman–Crippen LogP) is 4.28. The molecule has 0 unspecified atom stereocenters. The highest BCUT2D eigenvalue weighted by Crippen LogP contribution is 2.16. The summed E-state index contributed by atoms with van der Waals surface area (Å²) in [5, 5.41) is 2.52. The molecule has 0 saturated heterocycles. The number of hydrogen-bond acceptors (Lipinski definition) is 2. The third kappa shape index (κ3) is 4.17. The summed E-state index contributed by atoms with van der Waals surface area (Å²) in [7, 11) is 0. The summed E-state index contributed by atoms with van der Waals surface area (Å²) < 4.78 is 0. The molecule has 0 aliphatic heterocycles. The van der Waals surface area contributed by atoms with E-state index in [0.717, 1.165) is 13.1 Å². The van der Waals surface area contributed by atoms with Gasteiger partial charge >= 0.3 is 0 Å². The zero-order valence-corrected chi connectivity index (χ0v) is 11.7. The quantitative estimate of drug-likeness (QED) is 0.781. The average Bonchev–Trinajstić information content (AvgIpc) is 2.46. The lowest BCUT2D eigenvalue weighted by molar-refractivity contribution is -0.120. The highest BCUT2D eigenvalue weighted by atomic mass is 16.1. The topological polar surface area (TPSA) is 20.3 Å². The Morgan fingerprint density at radius 2 is 1.75 bits per heavy atom. The largest absolute Gasteiger partial charge is 0.298 e. The van der Waals surface area contributed by atoms with Crippen LogP contribution < -0.4 is 0 Å². The summed E-state index contributed by atoms with van der Waals surface area (Å²) in [5.74, 6) is 0.308. The second-order valence-corrected chi connectivity index (χ2v) is 4.88. The normalized spacial score (nSPS) is 10.6. The van der Waals surface area contributed by atoms with Crippen molar-refractivity contribution in [3.05, 3.63) is 48.0 Å². The number of benzene rings is 2. The van der Waals surface area contributed by atoms with Crippen LogP contribution >= 0.6 is 0 Å². The number of rotatable bonds is 6. The molecule has 2 nitrogen and oxygen atoms in total. The van der Waals surface area contributed by atoms with E-state index in [1.807, 2.05) is 6.92 Å². The molecule has 2 rings (SSSR count). The molecular weight excluding hydrogens is 246 g/mol. The van der Waals surface area contributed by atoms with Crippen molar-refractivity contribution < 1.29 is 4.79 Å². The minimum atomic E-state index is 0. The smallest absolute Gasteiger partial charge is 0.146 e. The van der Waals surface area contributed by atoms with Gasteiger partial charge < -0.3 is 0 Å². The van der Waals surface area contributed by atoms with Gasteiger partial charge in [-0.3, -0.25) is 9.69 Å². The Bertz CT molecular complexity index is 562. The molecule has 0 radical (unpaired) electrons. The van der Waals surface area contributed by atoms with E-state index in [4.69, 9.17) is 0 Å². The van der Waals surface area contributed by atoms with Gasteiger partial charge in [-0.1, -0.05) is 57.7 Å². The predicted molar refractivity (Wildman–Crippen MR) is 86.9 cm³/mol. The summed E-state index contributed by atoms with van der Waals surface area (Å²) >= 11 is 0. The Labute approximate surface area is 122 Å². The molecule has 0 aromatic heterocycles. The monoisotopic (exact) mass is 271 g/mol. The van der Waals surface area contributed by atoms with Crippen LogP contribution in [0.3, 0.4) is 0 Å². The van der Waals surface area contributed by atoms with Crippen molar-refractivity contribution in [3.8, 4) is 0 Å². The zero-order valence-electron chi connectivity index (χ0n) is 11.7. The molecule has 2 aromatic carbocycles. The first kappa shape index (κ1) is 16.4. The molecule has 0 heterocycles. The highest BCUT2D eigenvalue weighted by molar-refractivity contribution is 5.83. The number of fused-ring (bicyclic) bond motifs is 1. The summed E-state index contributed by atoms with van der Waals surface area (Å²) in [4.78, 5) is 13.7. The Morgan fingerprint density at radius 1 is 1.05 bits per heavy atom. The van der Waals surface area contributed by atoms with Crippen LogP contribution in [0.5, 0.6) is 0 Å². The number of nitrogens with zero attached hydrogens (tertiary/aromatic N) is 1. The van der Waals surface area contributed by atoms with Crippen LogP contribution in [0.4, 0.5) is 0 Å². The minimum absolute atomic E-state index is 0. The van der Waals surface area contributed by atoms with Crippen LogP contribution in [-0.2, 0) is 11.3 Å². The fourth-order valence-electron chi connectivity index (χ4n) is 2.24. The van der Waals surface area contributed by atoms with Gasteiger partial charge in [-0.15, -0.1) is 0 Å². The van der Waals surface area contributed by atoms with E-state index < -0.39 is 0 Å². The second-order valence-electron chi connectivity index (χ2n) is 4.88. The van der Waals surface area contributed by atoms with Gasteiger partial charge in [0.05, 0.1) is 6.54 Å². The van der Waals surface area contributed by atoms with Crippen molar-refractivity contribution in [1.29, 1.82) is 0 Å². The number of hydrogen-bond donors (Lipinski definition) is 0. The molecule has 0 spiro atoms. The Kier molecular flexibility index (Phi) is 6.40. The average molecular weight is 271 g/mol. The molecular formula is C18H25NO. The third-order valence-corrected chi connectivity index (χ3v) is 3.46. The zero-order chi connectivity index (χ0) is 13.7. The molecule has 20 heavy (non-hydrogen) atoms. The van der Waals surface area contributed by atoms with Crippen LogP contribution in [-0.4, -0.2) is 23.8 Å². The summed E-state index contributed by atoms with van der Waals surface area (Å²) in [6.45, 7) is 6.32. The van der Waals surface area contributed by atoms with Crippen LogP contribution in [0.1, 0.15) is 33.3 Å². The SMILES string of the molecule is C.CCC(=O)CN(CC)Cc1ccc2ccccc2c1. The Hall–Kier alpha value is -1.67. The van der Waals surface area contributed by atoms with E-state index in [9.17, 15) is 4.79 Å². The van der Waals surface area contributed by atoms with Gasteiger partial charge in [0.25, 0.3) is 0 Å². The maximum Gasteiger partial charge on any atom is 0.146 e. The maximum absolute atomic E-state index is 11.5. The van der Waals surface area contributed by atoms with E-state index in [0.29, 0.717) is 18.7 Å². The van der Waals surface area contributed by atoms with E-state index >= 15 is 0 Å². The van der Waals surface area contributed by atoms with Gasteiger partial charge in [-0.2, -0.15) is 0 Å². The lowest BCUT2D eigenvalue weighted by Gasteiger charge is -2.19. The number of carbonyl (C=O) groups excluding carboxylic acids is 1. The molecule has 0 saturated carbocycles. The fourth-order valence-corrected chi connectivity index (χ4v) is 2.24. The van der Waals surface area contributed by atoms with E-state index in [-0.39, 0.29) is 7.43 Å². The molecule has 0 N–H and O–H groups in total. The van der Waals surface area contributed by atoms with Crippen molar-refractivity contribution >= 4 is 16.6 Å². The standard InChI is InChI=1S/C17H21NO.CH4/c1-3-17(19)13-18(4-2)12-14-9-10-15-7-5-6-8-16(15)11-14;/h5-11H,3-4,12-13H2,1-2H3;1H4. The summed E-state index contributed by atoms with van der Waals surface area (Å²) in [6, 6.07) is 14.9. The summed E-state index contributed by atoms with van der Waals surface area (Å²) in [6.07, 6.45) is 0.619. The molecule has 0 fully saturated rings. The lowest BCUT2D eigenvalue weighted by atomic mass is 10.1. The molecule has 0 aliphatic rings. The highest BCUT2D eigenvalue weighted by Gasteiger charge is 2.08. The van der Waals surface area contributed by atoms with Crippen molar-refractivity contribution in [1.82, 2.24) is 4.90 Å². The van der Waals surface area contributed by atoms with Crippen molar-refractivity contribution in [3.63, 3.8) is 0 Å². The van der Waals surface area contributed by atoms with Crippen LogP contribution in [0, 0.1) is 0 Å². The van der Waals surface area contributed by atoms with Crippen LogP contribution in [0.15, 0.2) is 42.5 Å². The Morgan fingerprint density at radius 3 is 2.40 bits per heavy atom. The number of Topliss-reactive ketones (excluding diaryl/α,β-unsaturated/α-hetero) is 1. The van der Waals surface area contributed by atoms with Gasteiger partial charge in [-0.05, 0) is 28.9 Å². The minimum Gasteiger partial charge on any atom is -0.298 e. The molecule has 0 bridgehead atoms. The molecule has 2 heteroatoms. The van der Waals surface area contributed by atoms with E-state index in [2.05, 4.69) is 54.3 Å². The van der Waals surface area contributed by atoms with E-state index in [1.54, 1.807) is 0 Å². The third-order valence-electron chi connectivity index (χ3n) is 3.46. The lowest BCUT2D eigenvalue weighted by Crippen LogP contribution is -2.28. The first-order valence-electron chi connectivity index (χ1n) is 6.94. The number of likely N-dealkylation sites (N-methyl/N-ethyl adjacent to an activating group) is 1. The van der Waals surface area contributed by atoms with Gasteiger partial charge in [0, 0.05) is 13.0 Å². The molecule has 2 aromatic rings. The van der Waals surface area contributed by atoms with Crippen molar-refractivity contribution in [2.24, 2.45) is 0 Å². The molecule has 0 atom stereocenters. The van der Waals surface area contributed by atoms with Crippen LogP contribution in [0.25, 0.3) is 10.8 Å².